The van der Waals surface area contributed by atoms with Crippen LogP contribution in [0.15, 0.2) is 4.52 Å². The second-order valence-corrected chi connectivity index (χ2v) is 4.47. The zero-order chi connectivity index (χ0) is 11.5. The van der Waals surface area contributed by atoms with Crippen LogP contribution in [0.5, 0.6) is 0 Å². The summed E-state index contributed by atoms with van der Waals surface area (Å²) in [5.74, 6) is 1.11. The average molecular weight is 213 g/mol. The second kappa shape index (κ2) is 4.72. The van der Waals surface area contributed by atoms with E-state index in [0.717, 1.165) is 0 Å². The van der Waals surface area contributed by atoms with Gasteiger partial charge in [-0.1, -0.05) is 25.9 Å². The van der Waals surface area contributed by atoms with Crippen LogP contribution in [-0.2, 0) is 10.2 Å². The summed E-state index contributed by atoms with van der Waals surface area (Å²) in [5.41, 5.74) is 5.69. The average Bonchev–Trinajstić information content (AvgIpc) is 2.62. The Balaban J connectivity index is 2.67. The number of aromatic nitrogens is 2. The van der Waals surface area contributed by atoms with E-state index in [0.29, 0.717) is 24.9 Å². The van der Waals surface area contributed by atoms with Gasteiger partial charge in [0.2, 0.25) is 5.89 Å². The molecule has 0 spiro atoms. The molecule has 5 heteroatoms. The summed E-state index contributed by atoms with van der Waals surface area (Å²) in [7, 11) is 0. The number of nitrogens with zero attached hydrogens (tertiary/aromatic N) is 2. The van der Waals surface area contributed by atoms with E-state index in [1.807, 2.05) is 27.7 Å². The molecular formula is C10H19N3O2. The van der Waals surface area contributed by atoms with Crippen LogP contribution in [0.4, 0.5) is 0 Å². The van der Waals surface area contributed by atoms with Crippen molar-refractivity contribution in [2.45, 2.75) is 39.2 Å². The first-order valence-corrected chi connectivity index (χ1v) is 5.12. The fourth-order valence-electron chi connectivity index (χ4n) is 1.01. The molecule has 0 bridgehead atoms. The SMILES string of the molecule is CCOCC(N)c1noc(C(C)(C)C)n1. The number of rotatable bonds is 4. The first-order chi connectivity index (χ1) is 6.95. The molecule has 1 rings (SSSR count). The molecule has 2 N–H and O–H groups in total. The highest BCUT2D eigenvalue weighted by atomic mass is 16.5. The topological polar surface area (TPSA) is 74.2 Å². The molecule has 86 valence electrons. The molecule has 0 saturated carbocycles. The molecule has 15 heavy (non-hydrogen) atoms. The second-order valence-electron chi connectivity index (χ2n) is 4.47. The lowest BCUT2D eigenvalue weighted by Crippen LogP contribution is -2.19. The van der Waals surface area contributed by atoms with Crippen molar-refractivity contribution in [3.05, 3.63) is 11.7 Å². The van der Waals surface area contributed by atoms with E-state index < -0.39 is 0 Å². The van der Waals surface area contributed by atoms with Crippen LogP contribution in [0, 0.1) is 0 Å². The summed E-state index contributed by atoms with van der Waals surface area (Å²) in [6.07, 6.45) is 0. The Labute approximate surface area is 90.0 Å². The summed E-state index contributed by atoms with van der Waals surface area (Å²) in [6.45, 7) is 9.01. The lowest BCUT2D eigenvalue weighted by Gasteiger charge is -2.10. The third-order valence-corrected chi connectivity index (χ3v) is 1.92. The van der Waals surface area contributed by atoms with Gasteiger partial charge in [0.15, 0.2) is 5.82 Å². The Morgan fingerprint density at radius 2 is 2.13 bits per heavy atom. The van der Waals surface area contributed by atoms with Gasteiger partial charge >= 0.3 is 0 Å². The van der Waals surface area contributed by atoms with E-state index >= 15 is 0 Å². The van der Waals surface area contributed by atoms with Gasteiger partial charge < -0.3 is 15.0 Å². The Morgan fingerprint density at radius 1 is 1.47 bits per heavy atom. The summed E-state index contributed by atoms with van der Waals surface area (Å²) in [6, 6.07) is -0.315. The molecule has 0 aliphatic heterocycles. The molecule has 1 unspecified atom stereocenters. The van der Waals surface area contributed by atoms with Crippen molar-refractivity contribution in [1.82, 2.24) is 10.1 Å². The Morgan fingerprint density at radius 3 is 2.60 bits per heavy atom. The van der Waals surface area contributed by atoms with Crippen molar-refractivity contribution in [3.63, 3.8) is 0 Å². The zero-order valence-electron chi connectivity index (χ0n) is 9.78. The predicted octanol–water partition coefficient (Wildman–Crippen LogP) is 1.40. The van der Waals surface area contributed by atoms with Crippen molar-refractivity contribution in [1.29, 1.82) is 0 Å². The molecule has 1 atom stereocenters. The third kappa shape index (κ3) is 3.28. The van der Waals surface area contributed by atoms with E-state index in [1.54, 1.807) is 0 Å². The summed E-state index contributed by atoms with van der Waals surface area (Å²) in [5, 5.41) is 3.84. The molecule has 0 aliphatic carbocycles. The van der Waals surface area contributed by atoms with E-state index in [9.17, 15) is 0 Å². The fourth-order valence-corrected chi connectivity index (χ4v) is 1.01. The third-order valence-electron chi connectivity index (χ3n) is 1.92. The van der Waals surface area contributed by atoms with Crippen molar-refractivity contribution in [2.75, 3.05) is 13.2 Å². The van der Waals surface area contributed by atoms with E-state index in [-0.39, 0.29) is 11.5 Å². The van der Waals surface area contributed by atoms with Crippen LogP contribution in [0.25, 0.3) is 0 Å². The van der Waals surface area contributed by atoms with Crippen LogP contribution in [0.1, 0.15) is 45.5 Å². The number of ether oxygens (including phenoxy) is 1. The summed E-state index contributed by atoms with van der Waals surface area (Å²) < 4.78 is 10.3. The van der Waals surface area contributed by atoms with Gasteiger partial charge in [-0.15, -0.1) is 0 Å². The molecule has 5 nitrogen and oxygen atoms in total. The van der Waals surface area contributed by atoms with Crippen molar-refractivity contribution in [2.24, 2.45) is 5.73 Å². The van der Waals surface area contributed by atoms with Gasteiger partial charge in [0, 0.05) is 12.0 Å². The van der Waals surface area contributed by atoms with Gasteiger partial charge in [-0.05, 0) is 6.92 Å². The van der Waals surface area contributed by atoms with Crippen molar-refractivity contribution in [3.8, 4) is 0 Å². The summed E-state index contributed by atoms with van der Waals surface area (Å²) in [4.78, 5) is 4.25. The lowest BCUT2D eigenvalue weighted by atomic mass is 9.97. The Hall–Kier alpha value is -0.940. The molecule has 0 aromatic carbocycles. The van der Waals surface area contributed by atoms with Gasteiger partial charge in [-0.3, -0.25) is 0 Å². The molecule has 1 heterocycles. The van der Waals surface area contributed by atoms with Crippen LogP contribution >= 0.6 is 0 Å². The molecule has 0 fully saturated rings. The molecular weight excluding hydrogens is 194 g/mol. The molecule has 1 aromatic heterocycles. The standard InChI is InChI=1S/C10H19N3O2/c1-5-14-6-7(11)8-12-9(15-13-8)10(2,3)4/h7H,5-6,11H2,1-4H3. The van der Waals surface area contributed by atoms with E-state index in [2.05, 4.69) is 10.1 Å². The van der Waals surface area contributed by atoms with E-state index in [1.165, 1.54) is 0 Å². The molecule has 1 aromatic rings. The van der Waals surface area contributed by atoms with Gasteiger partial charge in [-0.2, -0.15) is 4.98 Å². The lowest BCUT2D eigenvalue weighted by molar-refractivity contribution is 0.130. The van der Waals surface area contributed by atoms with Crippen molar-refractivity contribution < 1.29 is 9.26 Å². The molecule has 0 amide bonds. The maximum absolute atomic E-state index is 5.83. The van der Waals surface area contributed by atoms with Gasteiger partial charge in [0.05, 0.1) is 12.6 Å². The summed E-state index contributed by atoms with van der Waals surface area (Å²) >= 11 is 0. The molecule has 0 saturated heterocycles. The predicted molar refractivity (Wildman–Crippen MR) is 56.4 cm³/mol. The number of hydrogen-bond donors (Lipinski definition) is 1. The van der Waals surface area contributed by atoms with Crippen LogP contribution in [0.2, 0.25) is 0 Å². The highest BCUT2D eigenvalue weighted by Gasteiger charge is 2.23. The number of nitrogens with two attached hydrogens (primary N) is 1. The Kier molecular flexibility index (Phi) is 3.82. The quantitative estimate of drug-likeness (QED) is 0.818. The van der Waals surface area contributed by atoms with Gasteiger partial charge in [-0.25, -0.2) is 0 Å². The molecule has 0 aliphatic rings. The zero-order valence-corrected chi connectivity index (χ0v) is 9.78. The minimum Gasteiger partial charge on any atom is -0.380 e. The van der Waals surface area contributed by atoms with Gasteiger partial charge in [0.25, 0.3) is 0 Å². The smallest absolute Gasteiger partial charge is 0.232 e. The van der Waals surface area contributed by atoms with Crippen LogP contribution in [0.3, 0.4) is 0 Å². The highest BCUT2D eigenvalue weighted by molar-refractivity contribution is 5.00. The van der Waals surface area contributed by atoms with Crippen molar-refractivity contribution >= 4 is 0 Å². The minimum absolute atomic E-state index is 0.142. The van der Waals surface area contributed by atoms with Crippen LogP contribution in [-0.4, -0.2) is 23.4 Å². The molecule has 0 radical (unpaired) electrons. The normalized spacial score (nSPS) is 14.2. The first kappa shape index (κ1) is 12.1. The largest absolute Gasteiger partial charge is 0.380 e. The van der Waals surface area contributed by atoms with E-state index in [4.69, 9.17) is 15.0 Å². The van der Waals surface area contributed by atoms with Gasteiger partial charge in [0.1, 0.15) is 0 Å². The first-order valence-electron chi connectivity index (χ1n) is 5.12. The monoisotopic (exact) mass is 213 g/mol. The minimum atomic E-state index is -0.315. The highest BCUT2D eigenvalue weighted by Crippen LogP contribution is 2.20. The van der Waals surface area contributed by atoms with Crippen LogP contribution < -0.4 is 5.73 Å². The maximum atomic E-state index is 5.83. The fraction of sp³-hybridized carbons (Fsp3) is 0.800. The number of hydrogen-bond acceptors (Lipinski definition) is 5. The Bertz CT molecular complexity index is 304. The maximum Gasteiger partial charge on any atom is 0.232 e.